The summed E-state index contributed by atoms with van der Waals surface area (Å²) in [6, 6.07) is 23.4. The molecule has 1 saturated heterocycles. The van der Waals surface area contributed by atoms with Gasteiger partial charge in [-0.05, 0) is 106 Å². The summed E-state index contributed by atoms with van der Waals surface area (Å²) in [5.41, 5.74) is 19.8. The van der Waals surface area contributed by atoms with Crippen molar-refractivity contribution in [1.29, 1.82) is 0 Å². The van der Waals surface area contributed by atoms with Crippen molar-refractivity contribution >= 4 is 147 Å². The maximum absolute atomic E-state index is 5.66. The molecule has 754 valence electrons. The van der Waals surface area contributed by atoms with Gasteiger partial charge in [0.05, 0.1) is 112 Å². The predicted octanol–water partition coefficient (Wildman–Crippen LogP) is 13.7. The zero-order valence-corrected chi connectivity index (χ0v) is 81.0. The molecule has 0 radical (unpaired) electrons. The van der Waals surface area contributed by atoms with Gasteiger partial charge in [-0.3, -0.25) is 15.0 Å². The van der Waals surface area contributed by atoms with Crippen molar-refractivity contribution in [1.82, 2.24) is 204 Å². The van der Waals surface area contributed by atoms with Crippen LogP contribution in [0.3, 0.4) is 0 Å². The van der Waals surface area contributed by atoms with Gasteiger partial charge in [0.1, 0.15) is 130 Å². The lowest BCUT2D eigenvalue weighted by molar-refractivity contribution is 0.0247. The Hall–Kier alpha value is -20.1. The average molecular weight is 2000 g/mol. The Morgan fingerprint density at radius 3 is 1.26 bits per heavy atom. The molecule has 0 amide bonds. The highest BCUT2D eigenvalue weighted by Crippen LogP contribution is 2.30. The maximum Gasteiger partial charge on any atom is 0.182 e. The van der Waals surface area contributed by atoms with Crippen LogP contribution in [0.2, 0.25) is 0 Å². The lowest BCUT2D eigenvalue weighted by atomic mass is 10.0. The summed E-state index contributed by atoms with van der Waals surface area (Å²) >= 11 is 0. The average Bonchev–Trinajstić information content (AvgIpc) is 1.65. The number of aromatic amines is 9. The minimum absolute atomic E-state index is 0.141. The van der Waals surface area contributed by atoms with E-state index in [0.717, 1.165) is 177 Å². The van der Waals surface area contributed by atoms with Crippen molar-refractivity contribution in [3.63, 3.8) is 0 Å². The Balaban J connectivity index is 0.000000115. The second kappa shape index (κ2) is 53.1. The molecule has 25 rings (SSSR count). The van der Waals surface area contributed by atoms with E-state index in [2.05, 4.69) is 274 Å². The number of benzene rings is 1. The Morgan fingerprint density at radius 2 is 0.812 bits per heavy atom. The maximum atomic E-state index is 5.66. The second-order valence-electron chi connectivity index (χ2n) is 32.2. The largest absolute Gasteiger partial charge is 0.469 e. The van der Waals surface area contributed by atoms with Crippen LogP contribution in [0.5, 0.6) is 0 Å². The number of furan rings is 2. The quantitative estimate of drug-likeness (QED) is 0.0153. The molecule has 52 heteroatoms. The molecule has 23 aromatic heterocycles. The summed E-state index contributed by atoms with van der Waals surface area (Å²) in [4.78, 5) is 158. The van der Waals surface area contributed by atoms with Crippen LogP contribution in [0, 0.1) is 0 Å². The summed E-state index contributed by atoms with van der Waals surface area (Å²) in [5.74, 6) is 7.84. The van der Waals surface area contributed by atoms with Gasteiger partial charge >= 0.3 is 0 Å². The number of aromatic nitrogens is 41. The first kappa shape index (κ1) is 100. The molecule has 1 aromatic carbocycles. The summed E-state index contributed by atoms with van der Waals surface area (Å²) in [6.07, 6.45) is 57.0. The van der Waals surface area contributed by atoms with Crippen molar-refractivity contribution in [2.45, 2.75) is 104 Å². The van der Waals surface area contributed by atoms with E-state index in [1.54, 1.807) is 113 Å². The molecule has 24 aromatic rings. The van der Waals surface area contributed by atoms with Crippen molar-refractivity contribution in [3.8, 4) is 0 Å². The third-order valence-corrected chi connectivity index (χ3v) is 21.9. The molecular weight excluding hydrogens is 1900 g/mol. The summed E-state index contributed by atoms with van der Waals surface area (Å²) in [6.45, 7) is 14.2. The van der Waals surface area contributed by atoms with Crippen LogP contribution in [0.4, 0.5) is 46.5 Å². The van der Waals surface area contributed by atoms with E-state index < -0.39 is 0 Å². The summed E-state index contributed by atoms with van der Waals surface area (Å²) in [7, 11) is 0. The van der Waals surface area contributed by atoms with E-state index in [4.69, 9.17) is 13.6 Å². The smallest absolute Gasteiger partial charge is 0.182 e. The fourth-order valence-corrected chi connectivity index (χ4v) is 14.5. The molecule has 149 heavy (non-hydrogen) atoms. The number of rotatable bonds is 29. The number of nitrogens with one attached hydrogen (secondary N) is 17. The third kappa shape index (κ3) is 28.5. The minimum atomic E-state index is -0.141. The predicted molar refractivity (Wildman–Crippen MR) is 559 cm³/mol. The monoisotopic (exact) mass is 2000 g/mol. The second-order valence-corrected chi connectivity index (χ2v) is 32.2. The van der Waals surface area contributed by atoms with Crippen LogP contribution >= 0.6 is 0 Å². The van der Waals surface area contributed by atoms with Gasteiger partial charge in [0, 0.05) is 76.7 Å². The molecule has 1 aliphatic heterocycles. The van der Waals surface area contributed by atoms with Crippen molar-refractivity contribution in [3.05, 3.63) is 306 Å². The standard InChI is InChI=1S/C16H13N5O.C11H10N6.C11H15N5O.C11H10N4O.2C10H9N7.C10H13N5.C9H13N5.C9H11N5/c1-2-5-11(6-3-1)13(12-7-4-8-22-12)21-16-14-15(18-9-17-14)19-10-20-16;1-3-12-4-2-8(1)5-13-10-9-11(15-6-14-9)17-7-16-10;1-2-4-17-8(3-1)5-12-10-9-11(14-6-13-9)16-7-15-10;1-2-8(16-5-1)3-4-9-10-11(14-6-12-9)15-7-13-10;1-2-12-7(3-11-1)4-13-9-8-10(15-5-14-8)17-6-16-9;1-2-11-4-13-7(1)3-12-9-8-10(15-5-14-8)17-6-16-9;1-7(2)3-4-11-9-8-10(13-5-12-8)15-6-14-9;2*1-2-3-4-10-8-7-9(12-5-11-7)14-6-13-8/h1-10,13H,(H2,17,18,19,20,21);1-4,6-7H,5H2,(H2,13,14,15,16,17);6-8H,1-5H2,(H2,12,13,14,15,16);1-2,5-7H,3-4H2,(H,12,13,14,15);1-3,5-6H,4H2,(H2,13,14,15,16,17);1-2,4-6H,3H2,(H2,12,14,15,16,17);3,5-6H,4H2,1-2H3,(H2,11,12,13,14,15);5-6H,2-4H2,1H3,(H2,10,11,12,13,14);2-3,5-6H,4H2,1H3,(H2,10,11,12,13,14)/b;;;;;;;;3-2+. The molecule has 0 aliphatic carbocycles. The number of H-pyrrole nitrogens is 9. The normalized spacial score (nSPS) is 12.1. The summed E-state index contributed by atoms with van der Waals surface area (Å²) in [5, 5.41) is 25.9. The van der Waals surface area contributed by atoms with E-state index in [-0.39, 0.29) is 12.1 Å². The van der Waals surface area contributed by atoms with E-state index in [0.29, 0.717) is 87.9 Å². The first-order valence-corrected chi connectivity index (χ1v) is 47.2. The van der Waals surface area contributed by atoms with E-state index >= 15 is 0 Å². The van der Waals surface area contributed by atoms with Crippen molar-refractivity contribution in [2.75, 3.05) is 75.3 Å². The number of hydrogen-bond acceptors (Lipinski definition) is 43. The molecule has 2 unspecified atom stereocenters. The Kier molecular flexibility index (Phi) is 35.8. The molecular formula is C97H103N49O3. The van der Waals surface area contributed by atoms with E-state index in [1.807, 2.05) is 91.9 Å². The Labute approximate surface area is 846 Å². The molecule has 0 spiro atoms. The number of hydrogen-bond donors (Lipinski definition) is 17. The van der Waals surface area contributed by atoms with Gasteiger partial charge in [-0.15, -0.1) is 0 Å². The molecule has 2 atom stereocenters. The number of unbranched alkanes of at least 4 members (excludes halogenated alkanes) is 1. The van der Waals surface area contributed by atoms with Crippen molar-refractivity contribution in [2.24, 2.45) is 0 Å². The van der Waals surface area contributed by atoms with Gasteiger partial charge in [0.25, 0.3) is 0 Å². The van der Waals surface area contributed by atoms with Gasteiger partial charge in [-0.25, -0.2) is 145 Å². The van der Waals surface area contributed by atoms with Gasteiger partial charge < -0.3 is 101 Å². The van der Waals surface area contributed by atoms with Gasteiger partial charge in [-0.2, -0.15) is 0 Å². The molecule has 0 saturated carbocycles. The highest BCUT2D eigenvalue weighted by atomic mass is 16.5. The van der Waals surface area contributed by atoms with Crippen LogP contribution < -0.4 is 42.5 Å². The Bertz CT molecular complexity index is 7860. The minimum Gasteiger partial charge on any atom is -0.469 e. The molecule has 24 heterocycles. The number of ether oxygens (including phenoxy) is 1. The third-order valence-electron chi connectivity index (χ3n) is 21.9. The van der Waals surface area contributed by atoms with Crippen LogP contribution in [-0.4, -0.2) is 243 Å². The zero-order chi connectivity index (χ0) is 102. The van der Waals surface area contributed by atoms with Crippen LogP contribution in [0.15, 0.2) is 275 Å². The van der Waals surface area contributed by atoms with Gasteiger partial charge in [-0.1, -0.05) is 67.5 Å². The fraction of sp³-hybridized carbons (Fsp3) is 0.216. The highest BCUT2D eigenvalue weighted by molar-refractivity contribution is 5.87. The number of fused-ring (bicyclic) bond motifs is 9. The lowest BCUT2D eigenvalue weighted by Gasteiger charge is -2.22. The zero-order valence-electron chi connectivity index (χ0n) is 81.0. The van der Waals surface area contributed by atoms with Gasteiger partial charge in [0.15, 0.2) is 97.4 Å². The first-order valence-electron chi connectivity index (χ1n) is 47.2. The Morgan fingerprint density at radius 1 is 0.369 bits per heavy atom. The van der Waals surface area contributed by atoms with Gasteiger partial charge in [0.2, 0.25) is 0 Å². The van der Waals surface area contributed by atoms with Crippen LogP contribution in [0.25, 0.3) is 100 Å². The molecule has 0 bridgehead atoms. The number of allylic oxidation sites excluding steroid dienone is 2. The van der Waals surface area contributed by atoms with Crippen LogP contribution in [-0.2, 0) is 37.2 Å². The van der Waals surface area contributed by atoms with Crippen LogP contribution in [0.1, 0.15) is 106 Å². The molecule has 52 nitrogen and oxygen atoms in total. The van der Waals surface area contributed by atoms with E-state index in [1.165, 1.54) is 81.8 Å². The summed E-state index contributed by atoms with van der Waals surface area (Å²) < 4.78 is 16.5. The van der Waals surface area contributed by atoms with Crippen molar-refractivity contribution < 1.29 is 13.6 Å². The number of pyridine rings is 1. The number of aryl methyl sites for hydroxylation is 2. The first-order chi connectivity index (χ1) is 73.7. The fourth-order valence-electron chi connectivity index (χ4n) is 14.5. The molecule has 1 aliphatic rings. The van der Waals surface area contributed by atoms with E-state index in [9.17, 15) is 0 Å². The number of anilines is 8. The molecule has 17 N–H and O–H groups in total. The number of imidazole rings is 9. The highest BCUT2D eigenvalue weighted by Gasteiger charge is 2.21. The number of nitrogens with zero attached hydrogens (tertiary/aromatic N) is 32. The molecule has 1 fully saturated rings. The SMILES string of the molecule is C/C=C/CNc1ncnc2nc[nH]c12.CC(C)=CCNc1ncnc2nc[nH]c12.CCCCNc1ncnc2nc[nH]c12.c1cc(CNc2ncnc3nc[nH]c23)ccn1.c1cc(CNc2ncnc3nc[nH]c23)ncn1.c1ccc(C(Nc2ncnc3nc[nH]c23)c2ccco2)cc1.c1cnc(CNc2ncnc3nc[nH]c23)cn1.c1coc(CCc2ncnc3nc[nH]c23)c1.c1nc(NCC2CCCCO2)c2[nH]cnc2n1. The lowest BCUT2D eigenvalue weighted by Crippen LogP contribution is -2.27. The topological polar surface area (TPSA) is 686 Å².